The minimum absolute atomic E-state index is 0.0763. The van der Waals surface area contributed by atoms with E-state index in [-0.39, 0.29) is 42.1 Å². The van der Waals surface area contributed by atoms with Gasteiger partial charge in [0.2, 0.25) is 0 Å². The van der Waals surface area contributed by atoms with Gasteiger partial charge in [-0.25, -0.2) is 4.39 Å². The molecule has 2 aromatic rings. The van der Waals surface area contributed by atoms with Gasteiger partial charge in [0.05, 0.1) is 5.56 Å². The Bertz CT molecular complexity index is 934. The van der Waals surface area contributed by atoms with E-state index in [0.29, 0.717) is 5.56 Å². The Balaban J connectivity index is 2.04. The molecule has 0 bridgehead atoms. The first-order valence-electron chi connectivity index (χ1n) is 7.59. The van der Waals surface area contributed by atoms with Gasteiger partial charge < -0.3 is 20.3 Å². The molecule has 1 aliphatic rings. The molecule has 0 atom stereocenters. The average molecular weight is 345 g/mol. The molecule has 2 amide bonds. The third kappa shape index (κ3) is 2.75. The van der Waals surface area contributed by atoms with Gasteiger partial charge in [-0.05, 0) is 29.7 Å². The average Bonchev–Trinajstić information content (AvgIpc) is 2.57. The molecular weight excluding hydrogens is 329 g/mol. The summed E-state index contributed by atoms with van der Waals surface area (Å²) < 4.78 is 14.0. The van der Waals surface area contributed by atoms with Crippen LogP contribution in [0.1, 0.15) is 32.0 Å². The van der Waals surface area contributed by atoms with Crippen molar-refractivity contribution in [2.24, 2.45) is 12.8 Å². The highest BCUT2D eigenvalue weighted by Gasteiger charge is 2.33. The van der Waals surface area contributed by atoms with Crippen LogP contribution in [0.4, 0.5) is 4.39 Å². The number of hydrogen-bond acceptors (Lipinski definition) is 4. The van der Waals surface area contributed by atoms with Crippen molar-refractivity contribution in [1.82, 2.24) is 9.47 Å². The number of nitrogens with two attached hydrogens (primary N) is 1. The van der Waals surface area contributed by atoms with E-state index in [1.54, 1.807) is 12.1 Å². The Morgan fingerprint density at radius 3 is 2.52 bits per heavy atom. The lowest BCUT2D eigenvalue weighted by Crippen LogP contribution is -2.41. The highest BCUT2D eigenvalue weighted by atomic mass is 19.1. The van der Waals surface area contributed by atoms with Crippen molar-refractivity contribution in [1.29, 1.82) is 0 Å². The van der Waals surface area contributed by atoms with Crippen molar-refractivity contribution in [3.63, 3.8) is 0 Å². The third-order valence-corrected chi connectivity index (χ3v) is 4.32. The van der Waals surface area contributed by atoms with Crippen LogP contribution < -0.4 is 11.3 Å². The van der Waals surface area contributed by atoms with Crippen molar-refractivity contribution in [2.75, 3.05) is 6.54 Å². The van der Waals surface area contributed by atoms with Crippen molar-refractivity contribution in [3.05, 3.63) is 62.8 Å². The van der Waals surface area contributed by atoms with E-state index in [1.165, 1.54) is 24.1 Å². The quantitative estimate of drug-likeness (QED) is 0.846. The summed E-state index contributed by atoms with van der Waals surface area (Å²) in [5, 5.41) is 10.1. The lowest BCUT2D eigenvalue weighted by Gasteiger charge is -2.30. The highest BCUT2D eigenvalue weighted by molar-refractivity contribution is 6.03. The zero-order chi connectivity index (χ0) is 18.3. The SMILES string of the molecule is Cn1c(C(N)=O)c2c(c(O)c1=O)C(=O)N(Cc1ccc(F)cc1)CC2. The molecular formula is C17H16FN3O4. The third-order valence-electron chi connectivity index (χ3n) is 4.32. The number of benzene rings is 1. The fraction of sp³-hybridized carbons (Fsp3) is 0.235. The van der Waals surface area contributed by atoms with E-state index in [1.807, 2.05) is 0 Å². The summed E-state index contributed by atoms with van der Waals surface area (Å²) in [7, 11) is 1.32. The summed E-state index contributed by atoms with van der Waals surface area (Å²) >= 11 is 0. The second-order valence-electron chi connectivity index (χ2n) is 5.88. The van der Waals surface area contributed by atoms with Gasteiger partial charge in [0.1, 0.15) is 11.5 Å². The van der Waals surface area contributed by atoms with E-state index in [0.717, 1.165) is 4.57 Å². The number of carbonyl (C=O) groups excluding carboxylic acids is 2. The number of carbonyl (C=O) groups is 2. The largest absolute Gasteiger partial charge is 0.502 e. The Morgan fingerprint density at radius 1 is 1.28 bits per heavy atom. The first-order valence-corrected chi connectivity index (χ1v) is 7.59. The van der Waals surface area contributed by atoms with E-state index in [2.05, 4.69) is 0 Å². The molecule has 0 saturated carbocycles. The molecule has 0 radical (unpaired) electrons. The number of halogens is 1. The summed E-state index contributed by atoms with van der Waals surface area (Å²) in [4.78, 5) is 38.0. The second-order valence-corrected chi connectivity index (χ2v) is 5.88. The molecule has 130 valence electrons. The maximum absolute atomic E-state index is 13.0. The minimum atomic E-state index is -0.857. The maximum Gasteiger partial charge on any atom is 0.293 e. The van der Waals surface area contributed by atoms with Gasteiger partial charge >= 0.3 is 0 Å². The van der Waals surface area contributed by atoms with Crippen LogP contribution in [0.25, 0.3) is 0 Å². The summed E-state index contributed by atoms with van der Waals surface area (Å²) in [6.07, 6.45) is 0.266. The minimum Gasteiger partial charge on any atom is -0.502 e. The highest BCUT2D eigenvalue weighted by Crippen LogP contribution is 2.28. The van der Waals surface area contributed by atoms with Crippen LogP contribution >= 0.6 is 0 Å². The van der Waals surface area contributed by atoms with Crippen molar-refractivity contribution < 1.29 is 19.1 Å². The van der Waals surface area contributed by atoms with Gasteiger partial charge in [-0.15, -0.1) is 0 Å². The van der Waals surface area contributed by atoms with Crippen LogP contribution in [0.2, 0.25) is 0 Å². The Kier molecular flexibility index (Phi) is 4.03. The first kappa shape index (κ1) is 16.7. The molecule has 0 saturated heterocycles. The topological polar surface area (TPSA) is 106 Å². The normalized spacial score (nSPS) is 13.7. The molecule has 0 fully saturated rings. The van der Waals surface area contributed by atoms with Gasteiger partial charge in [-0.2, -0.15) is 0 Å². The molecule has 8 heteroatoms. The number of rotatable bonds is 3. The monoisotopic (exact) mass is 345 g/mol. The van der Waals surface area contributed by atoms with E-state index >= 15 is 0 Å². The molecule has 0 aliphatic carbocycles. The fourth-order valence-corrected chi connectivity index (χ4v) is 3.09. The number of fused-ring (bicyclic) bond motifs is 1. The number of pyridine rings is 1. The molecule has 0 spiro atoms. The van der Waals surface area contributed by atoms with E-state index in [9.17, 15) is 23.9 Å². The number of amides is 2. The molecule has 1 aliphatic heterocycles. The van der Waals surface area contributed by atoms with Crippen LogP contribution in [-0.2, 0) is 20.0 Å². The molecule has 1 aromatic heterocycles. The Labute approximate surface area is 142 Å². The number of aromatic hydroxyl groups is 1. The zero-order valence-electron chi connectivity index (χ0n) is 13.5. The number of hydrogen-bond donors (Lipinski definition) is 2. The molecule has 1 aromatic carbocycles. The van der Waals surface area contributed by atoms with Gasteiger partial charge in [-0.1, -0.05) is 12.1 Å². The number of aromatic nitrogens is 1. The van der Waals surface area contributed by atoms with Gasteiger partial charge in [0.15, 0.2) is 5.75 Å². The zero-order valence-corrected chi connectivity index (χ0v) is 13.5. The van der Waals surface area contributed by atoms with E-state index in [4.69, 9.17) is 5.73 Å². The predicted octanol–water partition coefficient (Wildman–Crippen LogP) is 0.527. The number of primary amides is 1. The lowest BCUT2D eigenvalue weighted by molar-refractivity contribution is 0.0721. The molecule has 25 heavy (non-hydrogen) atoms. The van der Waals surface area contributed by atoms with Crippen molar-refractivity contribution in [2.45, 2.75) is 13.0 Å². The maximum atomic E-state index is 13.0. The smallest absolute Gasteiger partial charge is 0.293 e. The van der Waals surface area contributed by atoms with Crippen LogP contribution in [0.3, 0.4) is 0 Å². The Morgan fingerprint density at radius 2 is 1.92 bits per heavy atom. The second kappa shape index (κ2) is 6.04. The molecule has 3 rings (SSSR count). The summed E-state index contributed by atoms with van der Waals surface area (Å²) in [6.45, 7) is 0.472. The number of nitrogens with zero attached hydrogens (tertiary/aromatic N) is 2. The Hall–Kier alpha value is -3.16. The van der Waals surface area contributed by atoms with Crippen molar-refractivity contribution in [3.8, 4) is 5.75 Å². The van der Waals surface area contributed by atoms with Crippen LogP contribution in [-0.4, -0.2) is 32.9 Å². The summed E-state index contributed by atoms with van der Waals surface area (Å²) in [5.74, 6) is -2.48. The van der Waals surface area contributed by atoms with Crippen LogP contribution in [0.5, 0.6) is 5.75 Å². The summed E-state index contributed by atoms with van der Waals surface area (Å²) in [6, 6.07) is 5.68. The van der Waals surface area contributed by atoms with Crippen LogP contribution in [0, 0.1) is 5.82 Å². The molecule has 2 heterocycles. The fourth-order valence-electron chi connectivity index (χ4n) is 3.09. The van der Waals surface area contributed by atoms with Crippen molar-refractivity contribution >= 4 is 11.8 Å². The lowest BCUT2D eigenvalue weighted by atomic mass is 9.95. The molecule has 3 N–H and O–H groups in total. The molecule has 7 nitrogen and oxygen atoms in total. The van der Waals surface area contributed by atoms with Gasteiger partial charge in [0, 0.05) is 20.1 Å². The standard InChI is InChI=1S/C17H16FN3O4/c1-20-13(15(19)23)11-6-7-21(8-9-2-4-10(18)5-3-9)16(24)12(11)14(22)17(20)25/h2-5,22H,6-8H2,1H3,(H2,19,23). The van der Waals surface area contributed by atoms with E-state index < -0.39 is 23.1 Å². The summed E-state index contributed by atoms with van der Waals surface area (Å²) in [5.41, 5.74) is 5.19. The van der Waals surface area contributed by atoms with Gasteiger partial charge in [0.25, 0.3) is 17.4 Å². The predicted molar refractivity (Wildman–Crippen MR) is 86.7 cm³/mol. The first-order chi connectivity index (χ1) is 11.8. The van der Waals surface area contributed by atoms with Crippen LogP contribution in [0.15, 0.2) is 29.1 Å². The molecule has 0 unspecified atom stereocenters. The van der Waals surface area contributed by atoms with Gasteiger partial charge in [-0.3, -0.25) is 14.4 Å².